The highest BCUT2D eigenvalue weighted by atomic mass is 16.2. The fraction of sp³-hybridized carbons (Fsp3) is 0.368. The van der Waals surface area contributed by atoms with Crippen LogP contribution in [0.1, 0.15) is 23.2 Å². The number of amides is 2. The molecule has 29 heavy (non-hydrogen) atoms. The summed E-state index contributed by atoms with van der Waals surface area (Å²) in [5.74, 6) is 0.447. The van der Waals surface area contributed by atoms with Gasteiger partial charge in [-0.05, 0) is 25.0 Å². The van der Waals surface area contributed by atoms with E-state index in [1.165, 1.54) is 6.33 Å². The topological polar surface area (TPSA) is 129 Å². The van der Waals surface area contributed by atoms with Crippen LogP contribution in [-0.2, 0) is 4.79 Å². The Morgan fingerprint density at radius 1 is 1.14 bits per heavy atom. The number of piperidine rings is 1. The second kappa shape index (κ2) is 8.63. The van der Waals surface area contributed by atoms with Gasteiger partial charge in [-0.1, -0.05) is 0 Å². The Morgan fingerprint density at radius 3 is 2.83 bits per heavy atom. The maximum atomic E-state index is 12.6. The third-order valence-electron chi connectivity index (χ3n) is 4.95. The number of aromatic nitrogens is 5. The summed E-state index contributed by atoms with van der Waals surface area (Å²) in [4.78, 5) is 46.3. The zero-order valence-electron chi connectivity index (χ0n) is 15.8. The van der Waals surface area contributed by atoms with Crippen molar-refractivity contribution in [2.24, 2.45) is 5.92 Å². The number of H-pyrrole nitrogens is 1. The fourth-order valence-electron chi connectivity index (χ4n) is 3.49. The van der Waals surface area contributed by atoms with Crippen molar-refractivity contribution in [1.29, 1.82) is 0 Å². The number of carbonyl (C=O) groups excluding carboxylic acids is 2. The summed E-state index contributed by atoms with van der Waals surface area (Å²) in [7, 11) is 0. The minimum absolute atomic E-state index is 0.0113. The van der Waals surface area contributed by atoms with E-state index in [0.717, 1.165) is 30.7 Å². The van der Waals surface area contributed by atoms with Crippen molar-refractivity contribution in [3.63, 3.8) is 0 Å². The van der Waals surface area contributed by atoms with Crippen LogP contribution in [0.25, 0.3) is 11.2 Å². The van der Waals surface area contributed by atoms with Gasteiger partial charge in [-0.2, -0.15) is 0 Å². The molecule has 10 nitrogen and oxygen atoms in total. The number of imidazole rings is 1. The molecule has 1 aliphatic rings. The first kappa shape index (κ1) is 18.8. The fourth-order valence-corrected chi connectivity index (χ4v) is 3.49. The van der Waals surface area contributed by atoms with E-state index in [4.69, 9.17) is 0 Å². The number of nitrogens with one attached hydrogen (secondary N) is 3. The Balaban J connectivity index is 1.28. The molecule has 1 fully saturated rings. The molecule has 0 radical (unpaired) electrons. The van der Waals surface area contributed by atoms with E-state index in [1.54, 1.807) is 30.9 Å². The molecule has 0 saturated carbocycles. The number of aromatic amines is 1. The number of anilines is 1. The Bertz CT molecular complexity index is 990. The van der Waals surface area contributed by atoms with Crippen LogP contribution in [0.2, 0.25) is 0 Å². The second-order valence-corrected chi connectivity index (χ2v) is 6.87. The number of fused-ring (bicyclic) bond motifs is 1. The standard InChI is InChI=1S/C19H22N8O2/c28-18(13-3-5-20-6-4-13)21-7-8-22-19(29)14-2-1-9-27(10-14)17-15-16(24-11-23-15)25-12-26-17/h3-6,11-12,14H,1-2,7-10H2,(H,21,28)(H,22,29)(H,23,24,25,26)/t14-/m0/s1. The smallest absolute Gasteiger partial charge is 0.251 e. The molecule has 3 aromatic heterocycles. The Kier molecular flexibility index (Phi) is 5.59. The molecule has 10 heteroatoms. The summed E-state index contributed by atoms with van der Waals surface area (Å²) in [5, 5.41) is 5.71. The summed E-state index contributed by atoms with van der Waals surface area (Å²) in [6.45, 7) is 2.16. The van der Waals surface area contributed by atoms with Gasteiger partial charge in [0.1, 0.15) is 11.8 Å². The van der Waals surface area contributed by atoms with Crippen LogP contribution in [0, 0.1) is 5.92 Å². The Hall–Kier alpha value is -3.56. The van der Waals surface area contributed by atoms with Gasteiger partial charge >= 0.3 is 0 Å². The minimum Gasteiger partial charge on any atom is -0.354 e. The number of nitrogens with zero attached hydrogens (tertiary/aromatic N) is 5. The average Bonchev–Trinajstić information content (AvgIpc) is 3.26. The van der Waals surface area contributed by atoms with Gasteiger partial charge in [0.15, 0.2) is 11.5 Å². The van der Waals surface area contributed by atoms with Gasteiger partial charge in [-0.3, -0.25) is 14.6 Å². The van der Waals surface area contributed by atoms with Crippen molar-refractivity contribution in [3.8, 4) is 0 Å². The average molecular weight is 394 g/mol. The maximum absolute atomic E-state index is 12.6. The van der Waals surface area contributed by atoms with Gasteiger partial charge in [0, 0.05) is 44.1 Å². The van der Waals surface area contributed by atoms with Crippen molar-refractivity contribution in [2.45, 2.75) is 12.8 Å². The summed E-state index contributed by atoms with van der Waals surface area (Å²) >= 11 is 0. The zero-order valence-corrected chi connectivity index (χ0v) is 15.8. The van der Waals surface area contributed by atoms with Crippen molar-refractivity contribution < 1.29 is 9.59 Å². The lowest BCUT2D eigenvalue weighted by atomic mass is 9.97. The van der Waals surface area contributed by atoms with E-state index < -0.39 is 0 Å². The van der Waals surface area contributed by atoms with E-state index >= 15 is 0 Å². The molecule has 2 amide bonds. The van der Waals surface area contributed by atoms with Crippen LogP contribution < -0.4 is 15.5 Å². The monoisotopic (exact) mass is 394 g/mol. The predicted octanol–water partition coefficient (Wildman–Crippen LogP) is 0.511. The largest absolute Gasteiger partial charge is 0.354 e. The van der Waals surface area contributed by atoms with Crippen LogP contribution in [0.3, 0.4) is 0 Å². The highest BCUT2D eigenvalue weighted by Gasteiger charge is 2.27. The predicted molar refractivity (Wildman–Crippen MR) is 106 cm³/mol. The Labute approximate surface area is 167 Å². The summed E-state index contributed by atoms with van der Waals surface area (Å²) in [6.07, 6.45) is 7.95. The first-order chi connectivity index (χ1) is 14.2. The number of rotatable bonds is 6. The summed E-state index contributed by atoms with van der Waals surface area (Å²) < 4.78 is 0. The first-order valence-corrected chi connectivity index (χ1v) is 9.57. The molecule has 4 heterocycles. The quantitative estimate of drug-likeness (QED) is 0.520. The lowest BCUT2D eigenvalue weighted by molar-refractivity contribution is -0.125. The van der Waals surface area contributed by atoms with E-state index in [1.807, 2.05) is 0 Å². The van der Waals surface area contributed by atoms with Gasteiger partial charge in [-0.15, -0.1) is 0 Å². The molecule has 4 rings (SSSR count). The highest BCUT2D eigenvalue weighted by molar-refractivity contribution is 5.94. The van der Waals surface area contributed by atoms with Gasteiger partial charge in [0.25, 0.3) is 5.91 Å². The van der Waals surface area contributed by atoms with E-state index in [2.05, 4.69) is 40.5 Å². The summed E-state index contributed by atoms with van der Waals surface area (Å²) in [5.41, 5.74) is 1.95. The summed E-state index contributed by atoms with van der Waals surface area (Å²) in [6, 6.07) is 3.29. The van der Waals surface area contributed by atoms with Crippen LogP contribution >= 0.6 is 0 Å². The van der Waals surface area contributed by atoms with Gasteiger partial charge < -0.3 is 20.5 Å². The van der Waals surface area contributed by atoms with Crippen LogP contribution in [0.15, 0.2) is 37.2 Å². The normalized spacial score (nSPS) is 16.6. The molecule has 1 atom stereocenters. The number of carbonyl (C=O) groups is 2. The van der Waals surface area contributed by atoms with Crippen molar-refractivity contribution >= 4 is 28.8 Å². The van der Waals surface area contributed by atoms with Gasteiger partial charge in [0.05, 0.1) is 12.2 Å². The third-order valence-corrected chi connectivity index (χ3v) is 4.95. The molecular weight excluding hydrogens is 372 g/mol. The molecule has 3 N–H and O–H groups in total. The van der Waals surface area contributed by atoms with Crippen LogP contribution in [0.4, 0.5) is 5.82 Å². The SMILES string of the molecule is O=C(NCCNC(=O)[C@H]1CCCN(c2ncnc3nc[nH]c23)C1)c1ccncc1. The van der Waals surface area contributed by atoms with Crippen LogP contribution in [-0.4, -0.2) is 62.9 Å². The van der Waals surface area contributed by atoms with Gasteiger partial charge in [-0.25, -0.2) is 15.0 Å². The molecular formula is C19H22N8O2. The maximum Gasteiger partial charge on any atom is 0.251 e. The van der Waals surface area contributed by atoms with E-state index in [9.17, 15) is 9.59 Å². The molecule has 1 aliphatic heterocycles. The van der Waals surface area contributed by atoms with Crippen LogP contribution in [0.5, 0.6) is 0 Å². The Morgan fingerprint density at radius 2 is 1.97 bits per heavy atom. The van der Waals surface area contributed by atoms with Crippen molar-refractivity contribution in [3.05, 3.63) is 42.7 Å². The van der Waals surface area contributed by atoms with E-state index in [-0.39, 0.29) is 17.7 Å². The first-order valence-electron chi connectivity index (χ1n) is 9.57. The molecule has 0 aromatic carbocycles. The molecule has 0 aliphatic carbocycles. The molecule has 1 saturated heterocycles. The molecule has 150 valence electrons. The molecule has 0 bridgehead atoms. The van der Waals surface area contributed by atoms with Gasteiger partial charge in [0.2, 0.25) is 5.91 Å². The number of hydrogen-bond acceptors (Lipinski definition) is 7. The number of pyridine rings is 1. The lowest BCUT2D eigenvalue weighted by Gasteiger charge is -2.32. The minimum atomic E-state index is -0.183. The van der Waals surface area contributed by atoms with Crippen molar-refractivity contribution in [2.75, 3.05) is 31.1 Å². The molecule has 0 unspecified atom stereocenters. The highest BCUT2D eigenvalue weighted by Crippen LogP contribution is 2.25. The lowest BCUT2D eigenvalue weighted by Crippen LogP contribution is -2.45. The van der Waals surface area contributed by atoms with E-state index in [0.29, 0.717) is 30.8 Å². The molecule has 3 aromatic rings. The van der Waals surface area contributed by atoms with Crippen molar-refractivity contribution in [1.82, 2.24) is 35.6 Å². The second-order valence-electron chi connectivity index (χ2n) is 6.87. The molecule has 0 spiro atoms. The number of hydrogen-bond donors (Lipinski definition) is 3. The zero-order chi connectivity index (χ0) is 20.1. The third kappa shape index (κ3) is 4.31.